The largest absolute Gasteiger partial charge is 0.450 e. The van der Waals surface area contributed by atoms with Crippen LogP contribution in [0.4, 0.5) is 9.80 Å². The molecule has 152 valence electrons. The quantitative estimate of drug-likeness (QED) is 0.792. The van der Waals surface area contributed by atoms with E-state index in [-0.39, 0.29) is 17.1 Å². The summed E-state index contributed by atoms with van der Waals surface area (Å²) >= 11 is 1.26. The smallest absolute Gasteiger partial charge is 0.410 e. The molecule has 29 heavy (non-hydrogen) atoms. The average Bonchev–Trinajstić information content (AvgIpc) is 3.03. The molecule has 1 aromatic heterocycles. The van der Waals surface area contributed by atoms with Gasteiger partial charge in [0.05, 0.1) is 23.6 Å². The van der Waals surface area contributed by atoms with Gasteiger partial charge in [-0.1, -0.05) is 0 Å². The molecule has 2 heterocycles. The first-order valence-electron chi connectivity index (χ1n) is 8.82. The third-order valence-electron chi connectivity index (χ3n) is 4.47. The van der Waals surface area contributed by atoms with Crippen LogP contribution in [0.15, 0.2) is 29.2 Å². The van der Waals surface area contributed by atoms with E-state index in [4.69, 9.17) is 4.74 Å². The Morgan fingerprint density at radius 1 is 1.31 bits per heavy atom. The van der Waals surface area contributed by atoms with Crippen molar-refractivity contribution in [3.8, 4) is 6.07 Å². The maximum atomic E-state index is 12.6. The lowest BCUT2D eigenvalue weighted by Gasteiger charge is -2.25. The molecule has 8 nitrogen and oxygen atoms in total. The van der Waals surface area contributed by atoms with Gasteiger partial charge in [-0.05, 0) is 43.2 Å². The predicted octanol–water partition coefficient (Wildman–Crippen LogP) is 2.79. The van der Waals surface area contributed by atoms with Crippen LogP contribution in [0.1, 0.15) is 33.3 Å². The first kappa shape index (κ1) is 20.8. The fourth-order valence-electron chi connectivity index (χ4n) is 3.01. The summed E-state index contributed by atoms with van der Waals surface area (Å²) < 4.78 is 28.1. The number of hydrogen-bond donors (Lipinski definition) is 1. The molecule has 0 saturated carbocycles. The van der Waals surface area contributed by atoms with E-state index in [2.05, 4.69) is 11.4 Å². The second-order valence-electron chi connectivity index (χ2n) is 6.44. The molecule has 0 aliphatic carbocycles. The van der Waals surface area contributed by atoms with Gasteiger partial charge in [0.15, 0.2) is 9.84 Å². The molecule has 0 radical (unpaired) electrons. The zero-order valence-corrected chi connectivity index (χ0v) is 17.5. The molecular weight excluding hydrogens is 414 g/mol. The molecule has 10 heteroatoms. The average molecular weight is 434 g/mol. The first-order chi connectivity index (χ1) is 13.7. The molecule has 2 aromatic rings. The number of carbonyl (C=O) groups excluding carboxylic acids is 2. The van der Waals surface area contributed by atoms with Crippen molar-refractivity contribution in [2.24, 2.45) is 0 Å². The van der Waals surface area contributed by atoms with Crippen molar-refractivity contribution in [1.29, 1.82) is 5.26 Å². The molecule has 0 atom stereocenters. The maximum Gasteiger partial charge on any atom is 0.410 e. The number of sulfone groups is 1. The maximum absolute atomic E-state index is 12.6. The summed E-state index contributed by atoms with van der Waals surface area (Å²) in [6.07, 6.45) is 1.20. The van der Waals surface area contributed by atoms with Crippen LogP contribution >= 0.6 is 11.3 Å². The van der Waals surface area contributed by atoms with Crippen LogP contribution in [-0.2, 0) is 27.5 Å². The van der Waals surface area contributed by atoms with Crippen molar-refractivity contribution >= 4 is 38.2 Å². The van der Waals surface area contributed by atoms with Crippen LogP contribution in [0.5, 0.6) is 0 Å². The minimum atomic E-state index is -3.35. The zero-order chi connectivity index (χ0) is 21.2. The number of ether oxygens (including phenoxy) is 1. The summed E-state index contributed by atoms with van der Waals surface area (Å²) in [6, 6.07) is 7.72. The van der Waals surface area contributed by atoms with Crippen LogP contribution in [0, 0.1) is 11.3 Å². The Morgan fingerprint density at radius 2 is 2.00 bits per heavy atom. The number of amides is 2. The van der Waals surface area contributed by atoms with Crippen molar-refractivity contribution in [2.75, 3.05) is 24.7 Å². The lowest BCUT2D eigenvalue weighted by atomic mass is 10.0. The number of carbonyl (C=O) groups is 2. The highest BCUT2D eigenvalue weighted by Crippen LogP contribution is 2.37. The van der Waals surface area contributed by atoms with Crippen molar-refractivity contribution in [2.45, 2.75) is 24.8 Å². The second-order valence-corrected chi connectivity index (χ2v) is 9.56. The Balaban J connectivity index is 1.81. The predicted molar refractivity (Wildman–Crippen MR) is 108 cm³/mol. The molecule has 2 amide bonds. The summed E-state index contributed by atoms with van der Waals surface area (Å²) in [5, 5.41) is 12.7. The van der Waals surface area contributed by atoms with E-state index in [1.807, 2.05) is 0 Å². The van der Waals surface area contributed by atoms with E-state index in [0.29, 0.717) is 30.1 Å². The topological polar surface area (TPSA) is 117 Å². The highest BCUT2D eigenvalue weighted by molar-refractivity contribution is 7.90. The van der Waals surface area contributed by atoms with Crippen LogP contribution in [0.2, 0.25) is 0 Å². The zero-order valence-electron chi connectivity index (χ0n) is 15.9. The third-order valence-corrected chi connectivity index (χ3v) is 6.73. The first-order valence-corrected chi connectivity index (χ1v) is 11.5. The number of rotatable bonds is 4. The van der Waals surface area contributed by atoms with E-state index in [9.17, 15) is 23.3 Å². The summed E-state index contributed by atoms with van der Waals surface area (Å²) in [6.45, 7) is 2.79. The van der Waals surface area contributed by atoms with E-state index >= 15 is 0 Å². The van der Waals surface area contributed by atoms with Gasteiger partial charge in [-0.25, -0.2) is 13.2 Å². The number of nitriles is 1. The molecule has 0 bridgehead atoms. The lowest BCUT2D eigenvalue weighted by Crippen LogP contribution is -2.35. The number of hydrogen-bond acceptors (Lipinski definition) is 7. The van der Waals surface area contributed by atoms with Gasteiger partial charge in [0.1, 0.15) is 11.1 Å². The van der Waals surface area contributed by atoms with Crippen molar-refractivity contribution in [1.82, 2.24) is 4.90 Å². The van der Waals surface area contributed by atoms with Crippen LogP contribution in [-0.4, -0.2) is 44.7 Å². The summed E-state index contributed by atoms with van der Waals surface area (Å²) in [5.74, 6) is -0.442. The van der Waals surface area contributed by atoms with Gasteiger partial charge >= 0.3 is 6.09 Å². The Hall–Kier alpha value is -2.90. The highest BCUT2D eigenvalue weighted by Gasteiger charge is 2.28. The van der Waals surface area contributed by atoms with Crippen molar-refractivity contribution in [3.05, 3.63) is 45.8 Å². The Labute approximate surface area is 172 Å². The molecule has 3 rings (SSSR count). The van der Waals surface area contributed by atoms with Crippen molar-refractivity contribution < 1.29 is 22.7 Å². The molecule has 0 unspecified atom stereocenters. The Kier molecular flexibility index (Phi) is 5.91. The normalized spacial score (nSPS) is 13.3. The monoisotopic (exact) mass is 433 g/mol. The van der Waals surface area contributed by atoms with Crippen LogP contribution < -0.4 is 5.32 Å². The number of anilines is 1. The fraction of sp³-hybridized carbons (Fsp3) is 0.316. The lowest BCUT2D eigenvalue weighted by molar-refractivity contribution is 0.102. The van der Waals surface area contributed by atoms with Gasteiger partial charge in [0.2, 0.25) is 0 Å². The summed E-state index contributed by atoms with van der Waals surface area (Å²) in [7, 11) is -3.35. The van der Waals surface area contributed by atoms with Crippen molar-refractivity contribution in [3.63, 3.8) is 0 Å². The SMILES string of the molecule is CCOC(=O)N1CCc2c(sc(NC(=O)c3ccc(S(C)(=O)=O)cc3)c2C#N)C1. The van der Waals surface area contributed by atoms with E-state index in [1.165, 1.54) is 35.6 Å². The third kappa shape index (κ3) is 4.41. The summed E-state index contributed by atoms with van der Waals surface area (Å²) in [5.41, 5.74) is 1.51. The van der Waals surface area contributed by atoms with Gasteiger partial charge in [-0.15, -0.1) is 11.3 Å². The minimum absolute atomic E-state index is 0.123. The summed E-state index contributed by atoms with van der Waals surface area (Å²) in [4.78, 5) is 27.1. The van der Waals surface area contributed by atoms with E-state index < -0.39 is 21.8 Å². The Bertz CT molecular complexity index is 1100. The molecule has 0 saturated heterocycles. The number of fused-ring (bicyclic) bond motifs is 1. The highest BCUT2D eigenvalue weighted by atomic mass is 32.2. The fourth-order valence-corrected chi connectivity index (χ4v) is 4.85. The molecule has 1 aromatic carbocycles. The van der Waals surface area contributed by atoms with Gasteiger partial charge in [-0.2, -0.15) is 5.26 Å². The minimum Gasteiger partial charge on any atom is -0.450 e. The molecule has 0 fully saturated rings. The number of thiophene rings is 1. The Morgan fingerprint density at radius 3 is 2.59 bits per heavy atom. The molecule has 1 aliphatic heterocycles. The van der Waals surface area contributed by atoms with Gasteiger partial charge < -0.3 is 15.0 Å². The number of nitrogens with zero attached hydrogens (tertiary/aromatic N) is 2. The molecular formula is C19H19N3O5S2. The van der Waals surface area contributed by atoms with Crippen LogP contribution in [0.3, 0.4) is 0 Å². The number of nitrogens with one attached hydrogen (secondary N) is 1. The second kappa shape index (κ2) is 8.23. The standard InChI is InChI=1S/C19H19N3O5S2/c1-3-27-19(24)22-9-8-14-15(10-20)18(28-16(14)11-22)21-17(23)12-4-6-13(7-5-12)29(2,25)26/h4-7H,3,8-9,11H2,1-2H3,(H,21,23). The van der Waals surface area contributed by atoms with E-state index in [0.717, 1.165) is 16.7 Å². The molecule has 0 spiro atoms. The molecule has 1 aliphatic rings. The van der Waals surface area contributed by atoms with Gasteiger partial charge in [0, 0.05) is 23.2 Å². The number of benzene rings is 1. The van der Waals surface area contributed by atoms with Gasteiger partial charge in [0.25, 0.3) is 5.91 Å². The van der Waals surface area contributed by atoms with Crippen LogP contribution in [0.25, 0.3) is 0 Å². The molecule has 1 N–H and O–H groups in total. The van der Waals surface area contributed by atoms with E-state index in [1.54, 1.807) is 11.8 Å². The van der Waals surface area contributed by atoms with Gasteiger partial charge in [-0.3, -0.25) is 4.79 Å².